The highest BCUT2D eigenvalue weighted by Crippen LogP contribution is 2.16. The first-order valence-electron chi connectivity index (χ1n) is 25.2. The fourth-order valence-electron chi connectivity index (χ4n) is 7.71. The number of likely N-dealkylation sites (N-methyl/N-ethyl adjacent to an activating group) is 1. The summed E-state index contributed by atoms with van der Waals surface area (Å²) in [6.07, 6.45) is 46.6. The maximum absolute atomic E-state index is 12.7. The number of quaternary nitrogens is 1. The van der Waals surface area contributed by atoms with E-state index in [0.29, 0.717) is 12.8 Å². The summed E-state index contributed by atoms with van der Waals surface area (Å²) in [5.41, 5.74) is 0. The van der Waals surface area contributed by atoms with Gasteiger partial charge in [-0.3, -0.25) is 9.59 Å². The molecular weight excluding hydrogens is 739 g/mol. The lowest BCUT2D eigenvalue weighted by molar-refractivity contribution is -0.889. The standard InChI is InChI=1S/C51H97NO7/c1-6-8-10-12-14-16-18-20-22-23-24-25-26-28-29-31-33-35-37-39-41-49(53)58-46-47(45-57-44-43-48(51(55)56)52(3,4)5)59-50(54)42-40-38-36-34-32-30-27-21-19-17-15-13-11-9-7-2/h17,19,47-48H,6-16,18,20-46H2,1-5H3/b19-17+. The molecule has 2 atom stereocenters. The predicted molar refractivity (Wildman–Crippen MR) is 245 cm³/mol. The van der Waals surface area contributed by atoms with Gasteiger partial charge in [-0.15, -0.1) is 0 Å². The van der Waals surface area contributed by atoms with E-state index in [1.54, 1.807) is 0 Å². The van der Waals surface area contributed by atoms with Gasteiger partial charge in [-0.05, 0) is 38.5 Å². The van der Waals surface area contributed by atoms with Crippen LogP contribution in [0.15, 0.2) is 12.2 Å². The summed E-state index contributed by atoms with van der Waals surface area (Å²) in [6, 6.07) is -0.722. The van der Waals surface area contributed by atoms with Crippen molar-refractivity contribution >= 4 is 17.9 Å². The van der Waals surface area contributed by atoms with Gasteiger partial charge >= 0.3 is 11.9 Å². The van der Waals surface area contributed by atoms with Crippen molar-refractivity contribution in [2.24, 2.45) is 0 Å². The van der Waals surface area contributed by atoms with Crippen LogP contribution in [-0.2, 0) is 28.6 Å². The Kier molecular flexibility index (Phi) is 41.3. The molecule has 0 bridgehead atoms. The van der Waals surface area contributed by atoms with Crippen LogP contribution in [0.1, 0.15) is 245 Å². The minimum Gasteiger partial charge on any atom is -0.544 e. The lowest BCUT2D eigenvalue weighted by Crippen LogP contribution is -2.55. The fourth-order valence-corrected chi connectivity index (χ4v) is 7.71. The van der Waals surface area contributed by atoms with E-state index in [1.165, 1.54) is 173 Å². The molecule has 0 aromatic carbocycles. The molecule has 59 heavy (non-hydrogen) atoms. The zero-order valence-electron chi connectivity index (χ0n) is 39.7. The van der Waals surface area contributed by atoms with E-state index in [4.69, 9.17) is 14.2 Å². The summed E-state index contributed by atoms with van der Waals surface area (Å²) in [4.78, 5) is 37.0. The first-order valence-corrected chi connectivity index (χ1v) is 25.2. The average molecular weight is 836 g/mol. The molecule has 2 unspecified atom stereocenters. The van der Waals surface area contributed by atoms with Crippen LogP contribution in [0.5, 0.6) is 0 Å². The number of ether oxygens (including phenoxy) is 3. The molecule has 0 aromatic heterocycles. The number of carboxylic acids is 1. The Labute approximate surface area is 365 Å². The van der Waals surface area contributed by atoms with Crippen molar-refractivity contribution in [1.82, 2.24) is 0 Å². The number of rotatable bonds is 46. The smallest absolute Gasteiger partial charge is 0.306 e. The van der Waals surface area contributed by atoms with Crippen molar-refractivity contribution in [2.45, 2.75) is 257 Å². The second kappa shape index (κ2) is 42.7. The summed E-state index contributed by atoms with van der Waals surface area (Å²) in [5, 5.41) is 11.6. The van der Waals surface area contributed by atoms with Crippen LogP contribution in [0, 0.1) is 0 Å². The van der Waals surface area contributed by atoms with E-state index in [9.17, 15) is 19.5 Å². The van der Waals surface area contributed by atoms with Gasteiger partial charge in [0.25, 0.3) is 0 Å². The Morgan fingerprint density at radius 2 is 0.847 bits per heavy atom. The Balaban J connectivity index is 4.20. The topological polar surface area (TPSA) is 102 Å². The van der Waals surface area contributed by atoms with Gasteiger partial charge in [0.1, 0.15) is 12.6 Å². The van der Waals surface area contributed by atoms with Crippen LogP contribution in [0.2, 0.25) is 0 Å². The molecule has 8 heteroatoms. The molecule has 0 aromatic rings. The third-order valence-corrected chi connectivity index (χ3v) is 11.7. The van der Waals surface area contributed by atoms with Crippen LogP contribution in [0.4, 0.5) is 0 Å². The molecule has 0 aliphatic rings. The Morgan fingerprint density at radius 3 is 1.24 bits per heavy atom. The average Bonchev–Trinajstić information content (AvgIpc) is 3.19. The van der Waals surface area contributed by atoms with E-state index in [2.05, 4.69) is 26.0 Å². The number of unbranched alkanes of at least 4 members (excludes halogenated alkanes) is 30. The van der Waals surface area contributed by atoms with Gasteiger partial charge in [0, 0.05) is 19.3 Å². The van der Waals surface area contributed by atoms with E-state index in [1.807, 2.05) is 21.1 Å². The number of hydrogen-bond acceptors (Lipinski definition) is 7. The molecule has 0 fully saturated rings. The van der Waals surface area contributed by atoms with Crippen LogP contribution >= 0.6 is 0 Å². The highest BCUT2D eigenvalue weighted by atomic mass is 16.6. The molecule has 0 N–H and O–H groups in total. The second-order valence-electron chi connectivity index (χ2n) is 18.4. The molecular formula is C51H97NO7. The third-order valence-electron chi connectivity index (χ3n) is 11.7. The van der Waals surface area contributed by atoms with Gasteiger partial charge in [-0.2, -0.15) is 0 Å². The van der Waals surface area contributed by atoms with Gasteiger partial charge in [0.15, 0.2) is 6.10 Å². The Bertz CT molecular complexity index is 978. The Hall–Kier alpha value is -1.93. The second-order valence-corrected chi connectivity index (χ2v) is 18.4. The van der Waals surface area contributed by atoms with E-state index < -0.39 is 18.1 Å². The van der Waals surface area contributed by atoms with E-state index >= 15 is 0 Å². The van der Waals surface area contributed by atoms with Crippen molar-refractivity contribution in [3.8, 4) is 0 Å². The number of carbonyl (C=O) groups excluding carboxylic acids is 3. The van der Waals surface area contributed by atoms with Gasteiger partial charge < -0.3 is 28.6 Å². The van der Waals surface area contributed by atoms with Crippen molar-refractivity contribution < 1.29 is 38.2 Å². The molecule has 0 spiro atoms. The fraction of sp³-hybridized carbons (Fsp3) is 0.902. The first-order chi connectivity index (χ1) is 28.6. The molecule has 0 saturated carbocycles. The molecule has 348 valence electrons. The highest BCUT2D eigenvalue weighted by molar-refractivity contribution is 5.70. The summed E-state index contributed by atoms with van der Waals surface area (Å²) < 4.78 is 17.2. The number of carbonyl (C=O) groups is 3. The van der Waals surface area contributed by atoms with Crippen LogP contribution in [-0.4, -0.2) is 75.5 Å². The molecule has 0 amide bonds. The minimum absolute atomic E-state index is 0.0449. The minimum atomic E-state index is -1.12. The maximum atomic E-state index is 12.7. The van der Waals surface area contributed by atoms with Gasteiger partial charge in [-0.25, -0.2) is 0 Å². The zero-order valence-corrected chi connectivity index (χ0v) is 39.7. The van der Waals surface area contributed by atoms with E-state index in [-0.39, 0.29) is 42.7 Å². The van der Waals surface area contributed by atoms with Crippen molar-refractivity contribution in [3.05, 3.63) is 12.2 Å². The van der Waals surface area contributed by atoms with E-state index in [0.717, 1.165) is 38.5 Å². The normalized spacial score (nSPS) is 12.9. The maximum Gasteiger partial charge on any atom is 0.306 e. The number of carboxylic acid groups (broad SMARTS) is 1. The van der Waals surface area contributed by atoms with Gasteiger partial charge in [0.2, 0.25) is 0 Å². The van der Waals surface area contributed by atoms with Crippen molar-refractivity contribution in [2.75, 3.05) is 41.0 Å². The monoisotopic (exact) mass is 836 g/mol. The van der Waals surface area contributed by atoms with Gasteiger partial charge in [-0.1, -0.05) is 199 Å². The predicted octanol–water partition coefficient (Wildman–Crippen LogP) is 12.9. The first kappa shape index (κ1) is 57.1. The molecule has 0 aliphatic carbocycles. The molecule has 0 heterocycles. The SMILES string of the molecule is CCCCCC/C=C/CCCCCCCCCC(=O)OC(COCCC(C(=O)[O-])[N+](C)(C)C)COC(=O)CCCCCCCCCCCCCCCCCCCCCC. The summed E-state index contributed by atoms with van der Waals surface area (Å²) in [5.74, 6) is -1.72. The number of nitrogens with zero attached hydrogens (tertiary/aromatic N) is 1. The number of aliphatic carboxylic acids is 1. The number of allylic oxidation sites excluding steroid dienone is 2. The van der Waals surface area contributed by atoms with Crippen molar-refractivity contribution in [3.63, 3.8) is 0 Å². The summed E-state index contributed by atoms with van der Waals surface area (Å²) in [7, 11) is 5.42. The largest absolute Gasteiger partial charge is 0.544 e. The molecule has 0 radical (unpaired) electrons. The molecule has 0 rings (SSSR count). The highest BCUT2D eigenvalue weighted by Gasteiger charge is 2.25. The lowest BCUT2D eigenvalue weighted by atomic mass is 10.0. The quantitative estimate of drug-likeness (QED) is 0.0260. The van der Waals surface area contributed by atoms with Crippen LogP contribution in [0.25, 0.3) is 0 Å². The third kappa shape index (κ3) is 41.2. The number of hydrogen-bond donors (Lipinski definition) is 0. The van der Waals surface area contributed by atoms with Crippen molar-refractivity contribution in [1.29, 1.82) is 0 Å². The van der Waals surface area contributed by atoms with Crippen LogP contribution in [0.3, 0.4) is 0 Å². The number of esters is 2. The zero-order chi connectivity index (χ0) is 43.5. The van der Waals surface area contributed by atoms with Crippen LogP contribution < -0.4 is 5.11 Å². The lowest BCUT2D eigenvalue weighted by Gasteiger charge is -2.34. The van der Waals surface area contributed by atoms with Gasteiger partial charge in [0.05, 0.1) is 40.3 Å². The molecule has 0 saturated heterocycles. The summed E-state index contributed by atoms with van der Waals surface area (Å²) >= 11 is 0. The summed E-state index contributed by atoms with van der Waals surface area (Å²) in [6.45, 7) is 4.69. The molecule has 8 nitrogen and oxygen atoms in total. The Morgan fingerprint density at radius 1 is 0.492 bits per heavy atom. The molecule has 0 aliphatic heterocycles.